The summed E-state index contributed by atoms with van der Waals surface area (Å²) < 4.78 is 11.1. The van der Waals surface area contributed by atoms with Crippen molar-refractivity contribution in [2.75, 3.05) is 13.7 Å². The van der Waals surface area contributed by atoms with Crippen molar-refractivity contribution >= 4 is 29.6 Å². The average molecular weight is 446 g/mol. The summed E-state index contributed by atoms with van der Waals surface area (Å²) in [6, 6.07) is 11.3. The topological polar surface area (TPSA) is 89.0 Å². The standard InChI is InChI=1S/C23H28ClN3O4/c1-5-13-31-21-16(9-8-12-19(21)30-4)14-25-27-23(29)20(15(2)3)26-22(28)17-10-6-7-11-18(17)24/h6-12,14-15,20H,5,13H2,1-4H3,(H,26,28)(H,27,29)/b25-14-. The Morgan fingerprint density at radius 3 is 2.55 bits per heavy atom. The molecule has 0 aliphatic heterocycles. The van der Waals surface area contributed by atoms with E-state index in [1.165, 1.54) is 6.21 Å². The minimum Gasteiger partial charge on any atom is -0.493 e. The molecule has 0 aliphatic rings. The lowest BCUT2D eigenvalue weighted by molar-refractivity contribution is -0.123. The second kappa shape index (κ2) is 12.0. The van der Waals surface area contributed by atoms with Gasteiger partial charge in [0.2, 0.25) is 0 Å². The van der Waals surface area contributed by atoms with Gasteiger partial charge in [-0.05, 0) is 36.6 Å². The van der Waals surface area contributed by atoms with Crippen LogP contribution in [0.5, 0.6) is 11.5 Å². The van der Waals surface area contributed by atoms with E-state index in [1.54, 1.807) is 37.4 Å². The first-order chi connectivity index (χ1) is 14.9. The zero-order chi connectivity index (χ0) is 22.8. The third-order valence-corrected chi connectivity index (χ3v) is 4.74. The molecule has 2 aromatic carbocycles. The first-order valence-corrected chi connectivity index (χ1v) is 10.4. The van der Waals surface area contributed by atoms with Crippen molar-refractivity contribution in [2.24, 2.45) is 11.0 Å². The Hall–Kier alpha value is -3.06. The number of nitrogens with zero attached hydrogens (tertiary/aromatic N) is 1. The van der Waals surface area contributed by atoms with E-state index in [2.05, 4.69) is 15.8 Å². The maximum atomic E-state index is 12.7. The zero-order valence-electron chi connectivity index (χ0n) is 18.1. The Morgan fingerprint density at radius 2 is 1.90 bits per heavy atom. The van der Waals surface area contributed by atoms with Crippen molar-refractivity contribution in [2.45, 2.75) is 33.2 Å². The number of halogens is 1. The summed E-state index contributed by atoms with van der Waals surface area (Å²) in [6.07, 6.45) is 2.32. The molecular formula is C23H28ClN3O4. The molecule has 0 fully saturated rings. The summed E-state index contributed by atoms with van der Waals surface area (Å²) in [5.41, 5.74) is 3.46. The van der Waals surface area contributed by atoms with Gasteiger partial charge in [0.05, 0.1) is 30.5 Å². The van der Waals surface area contributed by atoms with Crippen LogP contribution in [0.2, 0.25) is 5.02 Å². The van der Waals surface area contributed by atoms with Crippen LogP contribution in [-0.4, -0.2) is 37.8 Å². The second-order valence-corrected chi connectivity index (χ2v) is 7.54. The van der Waals surface area contributed by atoms with E-state index in [0.717, 1.165) is 6.42 Å². The highest BCUT2D eigenvalue weighted by Gasteiger charge is 2.25. The van der Waals surface area contributed by atoms with Crippen LogP contribution in [0.4, 0.5) is 0 Å². The summed E-state index contributed by atoms with van der Waals surface area (Å²) in [5.74, 6) is 0.104. The van der Waals surface area contributed by atoms with Gasteiger partial charge in [-0.1, -0.05) is 50.6 Å². The van der Waals surface area contributed by atoms with Gasteiger partial charge in [0.25, 0.3) is 11.8 Å². The molecule has 8 heteroatoms. The third-order valence-electron chi connectivity index (χ3n) is 4.41. The number of ether oxygens (including phenoxy) is 2. The number of hydrogen-bond donors (Lipinski definition) is 2. The van der Waals surface area contributed by atoms with Crippen molar-refractivity contribution in [3.63, 3.8) is 0 Å². The predicted molar refractivity (Wildman–Crippen MR) is 122 cm³/mol. The molecule has 0 saturated carbocycles. The van der Waals surface area contributed by atoms with Crippen molar-refractivity contribution in [1.82, 2.24) is 10.7 Å². The van der Waals surface area contributed by atoms with Crippen LogP contribution < -0.4 is 20.2 Å². The Morgan fingerprint density at radius 1 is 1.16 bits per heavy atom. The molecule has 0 spiro atoms. The van der Waals surface area contributed by atoms with Crippen LogP contribution >= 0.6 is 11.6 Å². The minimum absolute atomic E-state index is 0.165. The maximum Gasteiger partial charge on any atom is 0.262 e. The maximum absolute atomic E-state index is 12.7. The van der Waals surface area contributed by atoms with E-state index < -0.39 is 17.9 Å². The van der Waals surface area contributed by atoms with Crippen LogP contribution in [-0.2, 0) is 4.79 Å². The summed E-state index contributed by atoms with van der Waals surface area (Å²) in [4.78, 5) is 25.2. The molecule has 2 N–H and O–H groups in total. The monoisotopic (exact) mass is 445 g/mol. The van der Waals surface area contributed by atoms with E-state index in [4.69, 9.17) is 21.1 Å². The minimum atomic E-state index is -0.790. The molecule has 166 valence electrons. The smallest absolute Gasteiger partial charge is 0.262 e. The summed E-state index contributed by atoms with van der Waals surface area (Å²) in [6.45, 7) is 6.20. The number of carbonyl (C=O) groups excluding carboxylic acids is 2. The van der Waals surface area contributed by atoms with Crippen molar-refractivity contribution < 1.29 is 19.1 Å². The number of para-hydroxylation sites is 1. The molecule has 2 amide bonds. The molecule has 0 heterocycles. The van der Waals surface area contributed by atoms with E-state index in [9.17, 15) is 9.59 Å². The normalized spacial score (nSPS) is 11.9. The molecule has 1 atom stereocenters. The Bertz CT molecular complexity index is 931. The van der Waals surface area contributed by atoms with Crippen LogP contribution in [0.25, 0.3) is 0 Å². The second-order valence-electron chi connectivity index (χ2n) is 7.14. The molecule has 0 radical (unpaired) electrons. The molecular weight excluding hydrogens is 418 g/mol. The Labute approximate surface area is 187 Å². The van der Waals surface area contributed by atoms with Gasteiger partial charge < -0.3 is 14.8 Å². The third kappa shape index (κ3) is 6.72. The van der Waals surface area contributed by atoms with Crippen molar-refractivity contribution in [3.8, 4) is 11.5 Å². The van der Waals surface area contributed by atoms with E-state index in [1.807, 2.05) is 32.9 Å². The zero-order valence-corrected chi connectivity index (χ0v) is 18.9. The number of hydrazone groups is 1. The fraction of sp³-hybridized carbons (Fsp3) is 0.348. The lowest BCUT2D eigenvalue weighted by atomic mass is 10.0. The highest BCUT2D eigenvalue weighted by Crippen LogP contribution is 2.30. The highest BCUT2D eigenvalue weighted by molar-refractivity contribution is 6.33. The quantitative estimate of drug-likeness (QED) is 0.426. The van der Waals surface area contributed by atoms with Gasteiger partial charge in [-0.25, -0.2) is 5.43 Å². The number of amides is 2. The molecule has 0 bridgehead atoms. The Kier molecular flexibility index (Phi) is 9.34. The lowest BCUT2D eigenvalue weighted by Gasteiger charge is -2.20. The predicted octanol–water partition coefficient (Wildman–Crippen LogP) is 4.04. The Balaban J connectivity index is 2.11. The highest BCUT2D eigenvalue weighted by atomic mass is 35.5. The lowest BCUT2D eigenvalue weighted by Crippen LogP contribution is -2.48. The van der Waals surface area contributed by atoms with Gasteiger partial charge in [-0.2, -0.15) is 5.10 Å². The van der Waals surface area contributed by atoms with Crippen LogP contribution in [0, 0.1) is 5.92 Å². The fourth-order valence-corrected chi connectivity index (χ4v) is 3.01. The number of carbonyl (C=O) groups is 2. The first-order valence-electron chi connectivity index (χ1n) is 10.1. The van der Waals surface area contributed by atoms with Gasteiger partial charge in [-0.3, -0.25) is 9.59 Å². The average Bonchev–Trinajstić information content (AvgIpc) is 2.76. The summed E-state index contributed by atoms with van der Waals surface area (Å²) in [5, 5.41) is 7.09. The van der Waals surface area contributed by atoms with E-state index in [0.29, 0.717) is 34.3 Å². The fourth-order valence-electron chi connectivity index (χ4n) is 2.79. The number of methoxy groups -OCH3 is 1. The van der Waals surface area contributed by atoms with Crippen molar-refractivity contribution in [1.29, 1.82) is 0 Å². The molecule has 1 unspecified atom stereocenters. The number of hydrogen-bond acceptors (Lipinski definition) is 5. The van der Waals surface area contributed by atoms with E-state index >= 15 is 0 Å². The summed E-state index contributed by atoms with van der Waals surface area (Å²) in [7, 11) is 1.56. The first kappa shape index (κ1) is 24.2. The molecule has 0 saturated heterocycles. The van der Waals surface area contributed by atoms with Crippen molar-refractivity contribution in [3.05, 3.63) is 58.6 Å². The van der Waals surface area contributed by atoms with Crippen LogP contribution in [0.15, 0.2) is 47.6 Å². The van der Waals surface area contributed by atoms with Crippen LogP contribution in [0.1, 0.15) is 43.1 Å². The SMILES string of the molecule is CCCOc1c(/C=N\NC(=O)C(NC(=O)c2ccccc2Cl)C(C)C)cccc1OC. The number of benzene rings is 2. The van der Waals surface area contributed by atoms with Gasteiger partial charge >= 0.3 is 0 Å². The molecule has 31 heavy (non-hydrogen) atoms. The van der Waals surface area contributed by atoms with E-state index in [-0.39, 0.29) is 5.92 Å². The number of rotatable bonds is 10. The van der Waals surface area contributed by atoms with Gasteiger partial charge in [0.1, 0.15) is 6.04 Å². The number of nitrogens with one attached hydrogen (secondary N) is 2. The van der Waals surface area contributed by atoms with Gasteiger partial charge in [0.15, 0.2) is 11.5 Å². The largest absolute Gasteiger partial charge is 0.493 e. The molecule has 2 aromatic rings. The molecule has 0 aromatic heterocycles. The molecule has 0 aliphatic carbocycles. The van der Waals surface area contributed by atoms with Crippen LogP contribution in [0.3, 0.4) is 0 Å². The molecule has 7 nitrogen and oxygen atoms in total. The van der Waals surface area contributed by atoms with Gasteiger partial charge in [-0.15, -0.1) is 0 Å². The molecule has 2 rings (SSSR count). The summed E-state index contributed by atoms with van der Waals surface area (Å²) >= 11 is 6.08. The van der Waals surface area contributed by atoms with Gasteiger partial charge in [0, 0.05) is 5.56 Å².